The molecule has 1 radical (unpaired) electrons. The first-order valence-electron chi connectivity index (χ1n) is 5.50. The number of halogens is 5. The van der Waals surface area contributed by atoms with E-state index in [-0.39, 0.29) is 0 Å². The summed E-state index contributed by atoms with van der Waals surface area (Å²) in [4.78, 5) is 0. The Kier molecular flexibility index (Phi) is 3.65. The Morgan fingerprint density at radius 3 is 1.75 bits per heavy atom. The maximum absolute atomic E-state index is 12.7. The maximum Gasteiger partial charge on any atom is 0.499 e. The minimum absolute atomic E-state index is 0.557. The van der Waals surface area contributed by atoms with Gasteiger partial charge in [0, 0.05) is 0 Å². The minimum Gasteiger partial charge on any atom is -0.426 e. The topological polar surface area (TPSA) is 9.23 Å². The molecule has 105 valence electrons. The zero-order chi connectivity index (χ0) is 14.8. The second-order valence-corrected chi connectivity index (χ2v) is 3.93. The van der Waals surface area contributed by atoms with E-state index in [4.69, 9.17) is 0 Å². The molecule has 0 saturated heterocycles. The molecule has 0 aromatic heterocycles. The second-order valence-electron chi connectivity index (χ2n) is 3.93. The molecule has 0 spiro atoms. The van der Waals surface area contributed by atoms with Crippen LogP contribution in [0.15, 0.2) is 48.5 Å². The van der Waals surface area contributed by atoms with Crippen LogP contribution in [-0.2, 0) is 0 Å². The molecule has 0 unspecified atom stereocenters. The summed E-state index contributed by atoms with van der Waals surface area (Å²) in [5.74, 6) is -0.557. The summed E-state index contributed by atoms with van der Waals surface area (Å²) in [6, 6.07) is 14.5. The van der Waals surface area contributed by atoms with Crippen molar-refractivity contribution in [1.29, 1.82) is 0 Å². The quantitative estimate of drug-likeness (QED) is 0.744. The van der Waals surface area contributed by atoms with Gasteiger partial charge in [0.2, 0.25) is 0 Å². The van der Waals surface area contributed by atoms with Gasteiger partial charge in [0.25, 0.3) is 0 Å². The zero-order valence-corrected chi connectivity index (χ0v) is 9.92. The van der Waals surface area contributed by atoms with Gasteiger partial charge in [0.05, 0.1) is 0 Å². The van der Waals surface area contributed by atoms with Crippen LogP contribution in [0.5, 0.6) is 5.75 Å². The van der Waals surface area contributed by atoms with Crippen molar-refractivity contribution in [3.05, 3.63) is 54.6 Å². The summed E-state index contributed by atoms with van der Waals surface area (Å²) in [5, 5.41) is 0. The first kappa shape index (κ1) is 14.3. The van der Waals surface area contributed by atoms with Gasteiger partial charge < -0.3 is 4.74 Å². The van der Waals surface area contributed by atoms with E-state index in [0.29, 0.717) is 5.56 Å². The van der Waals surface area contributed by atoms with Crippen molar-refractivity contribution in [2.45, 2.75) is 12.3 Å². The third kappa shape index (κ3) is 3.07. The predicted molar refractivity (Wildman–Crippen MR) is 62.3 cm³/mol. The lowest BCUT2D eigenvalue weighted by Gasteiger charge is -2.20. The van der Waals surface area contributed by atoms with Crippen molar-refractivity contribution in [3.63, 3.8) is 0 Å². The lowest BCUT2D eigenvalue weighted by molar-refractivity contribution is -0.360. The van der Waals surface area contributed by atoms with E-state index in [0.717, 1.165) is 17.7 Å². The molecule has 0 fully saturated rings. The van der Waals surface area contributed by atoms with E-state index in [1.165, 1.54) is 12.1 Å². The Morgan fingerprint density at radius 1 is 0.750 bits per heavy atom. The van der Waals surface area contributed by atoms with Crippen LogP contribution < -0.4 is 4.74 Å². The minimum atomic E-state index is -5.75. The number of alkyl halides is 5. The average molecular weight is 287 g/mol. The third-order valence-corrected chi connectivity index (χ3v) is 2.48. The molecule has 1 nitrogen and oxygen atoms in total. The Balaban J connectivity index is 2.18. The number of benzene rings is 2. The summed E-state index contributed by atoms with van der Waals surface area (Å²) in [6.45, 7) is 0. The van der Waals surface area contributed by atoms with Crippen LogP contribution in [0.2, 0.25) is 0 Å². The average Bonchev–Trinajstić information content (AvgIpc) is 2.39. The molecule has 0 aliphatic heterocycles. The van der Waals surface area contributed by atoms with Crippen LogP contribution in [-0.4, -0.2) is 12.3 Å². The van der Waals surface area contributed by atoms with Crippen LogP contribution in [0.4, 0.5) is 22.0 Å². The summed E-state index contributed by atoms with van der Waals surface area (Å²) in [5.41, 5.74) is 1.46. The normalized spacial score (nSPS) is 12.2. The van der Waals surface area contributed by atoms with Gasteiger partial charge in [-0.05, 0) is 29.3 Å². The molecule has 2 aromatic rings. The summed E-state index contributed by atoms with van der Waals surface area (Å²) in [6.07, 6.45) is -11.0. The fourth-order valence-electron chi connectivity index (χ4n) is 1.50. The highest BCUT2D eigenvalue weighted by Gasteiger charge is 2.61. The number of ether oxygens (including phenoxy) is 1. The predicted octanol–water partition coefficient (Wildman–Crippen LogP) is 4.69. The third-order valence-electron chi connectivity index (χ3n) is 2.48. The van der Waals surface area contributed by atoms with Gasteiger partial charge in [-0.2, -0.15) is 22.0 Å². The Morgan fingerprint density at radius 2 is 1.25 bits per heavy atom. The molecule has 20 heavy (non-hydrogen) atoms. The highest BCUT2D eigenvalue weighted by Crippen LogP contribution is 2.37. The van der Waals surface area contributed by atoms with Crippen molar-refractivity contribution in [2.75, 3.05) is 0 Å². The molecule has 2 rings (SSSR count). The molecule has 0 aliphatic carbocycles. The fourth-order valence-corrected chi connectivity index (χ4v) is 1.50. The van der Waals surface area contributed by atoms with Gasteiger partial charge >= 0.3 is 12.3 Å². The molecule has 0 aliphatic rings. The molecule has 2 aromatic carbocycles. The van der Waals surface area contributed by atoms with Gasteiger partial charge in [0.1, 0.15) is 5.75 Å². The van der Waals surface area contributed by atoms with Crippen LogP contribution in [0.25, 0.3) is 11.1 Å². The molecule has 0 bridgehead atoms. The molecule has 0 atom stereocenters. The highest BCUT2D eigenvalue weighted by molar-refractivity contribution is 5.63. The fraction of sp³-hybridized carbons (Fsp3) is 0.143. The number of rotatable bonds is 3. The summed E-state index contributed by atoms with van der Waals surface area (Å²) in [7, 11) is 0. The van der Waals surface area contributed by atoms with Crippen LogP contribution >= 0.6 is 0 Å². The Hall–Kier alpha value is -2.11. The van der Waals surface area contributed by atoms with E-state index < -0.39 is 18.0 Å². The van der Waals surface area contributed by atoms with E-state index in [1.54, 1.807) is 24.3 Å². The first-order chi connectivity index (χ1) is 9.29. The van der Waals surface area contributed by atoms with Gasteiger partial charge in [-0.25, -0.2) is 0 Å². The summed E-state index contributed by atoms with van der Waals surface area (Å²) >= 11 is 0. The zero-order valence-electron chi connectivity index (χ0n) is 9.92. The Bertz CT molecular complexity index is 560. The van der Waals surface area contributed by atoms with Crippen LogP contribution in [0.3, 0.4) is 0 Å². The molecular weight excluding hydrogens is 279 g/mol. The van der Waals surface area contributed by atoms with Crippen molar-refractivity contribution >= 4 is 0 Å². The van der Waals surface area contributed by atoms with E-state index in [1.807, 2.05) is 0 Å². The van der Waals surface area contributed by atoms with E-state index in [2.05, 4.69) is 10.8 Å². The lowest BCUT2D eigenvalue weighted by Crippen LogP contribution is -2.41. The van der Waals surface area contributed by atoms with Gasteiger partial charge in [-0.3, -0.25) is 0 Å². The van der Waals surface area contributed by atoms with Crippen LogP contribution in [0, 0.1) is 6.07 Å². The first-order valence-corrected chi connectivity index (χ1v) is 5.50. The van der Waals surface area contributed by atoms with Crippen molar-refractivity contribution in [3.8, 4) is 16.9 Å². The van der Waals surface area contributed by atoms with Gasteiger partial charge in [-0.1, -0.05) is 36.4 Å². The molecule has 0 N–H and O–H groups in total. The summed E-state index contributed by atoms with van der Waals surface area (Å²) < 4.78 is 65.0. The lowest BCUT2D eigenvalue weighted by atomic mass is 10.1. The van der Waals surface area contributed by atoms with Crippen molar-refractivity contribution in [2.24, 2.45) is 0 Å². The monoisotopic (exact) mass is 287 g/mol. The maximum atomic E-state index is 12.7. The SMILES string of the molecule is FC(F)(F)C(F)(F)Oc1ccc(-c2cc[c]cc2)cc1. The molecular formula is C14H8F5O. The molecule has 0 heterocycles. The molecule has 6 heteroatoms. The van der Waals surface area contributed by atoms with Crippen molar-refractivity contribution < 1.29 is 26.7 Å². The molecule has 0 amide bonds. The smallest absolute Gasteiger partial charge is 0.426 e. The largest absolute Gasteiger partial charge is 0.499 e. The standard InChI is InChI=1S/C14H8F5O/c15-13(16,17)14(18,19)20-12-8-6-11(7-9-12)10-4-2-1-3-5-10/h2-9H. The van der Waals surface area contributed by atoms with Crippen LogP contribution in [0.1, 0.15) is 0 Å². The highest BCUT2D eigenvalue weighted by atomic mass is 19.4. The van der Waals surface area contributed by atoms with Crippen molar-refractivity contribution in [1.82, 2.24) is 0 Å². The Labute approximate surface area is 111 Å². The second kappa shape index (κ2) is 5.11. The number of hydrogen-bond acceptors (Lipinski definition) is 1. The molecule has 0 saturated carbocycles. The number of hydrogen-bond donors (Lipinski definition) is 0. The van der Waals surface area contributed by atoms with E-state index >= 15 is 0 Å². The van der Waals surface area contributed by atoms with Gasteiger partial charge in [-0.15, -0.1) is 0 Å². The van der Waals surface area contributed by atoms with E-state index in [9.17, 15) is 22.0 Å². The van der Waals surface area contributed by atoms with Gasteiger partial charge in [0.15, 0.2) is 0 Å².